The fraction of sp³-hybridized carbons (Fsp3) is 0.825. The van der Waals surface area contributed by atoms with E-state index in [0.717, 1.165) is 6.42 Å². The molecule has 0 aliphatic carbocycles. The molecular formula is C40H73S2. The van der Waals surface area contributed by atoms with Crippen LogP contribution in [0, 0.1) is 6.92 Å². The average Bonchev–Trinajstić information content (AvgIpc) is 3.01. The normalized spacial score (nSPS) is 11.5. The number of hydrogen-bond donors (Lipinski definition) is 0. The standard InChI is InChI=1S/C40H73S2/c1-4-7-9-11-13-15-17-19-21-23-25-27-29-31-33-41-39-35-38(6-3)36-40(37-39)42-34-32-30-28-26-24-22-20-18-16-14-12-10-8-5-2/h35-37H,3-34H2,1-2H3. The summed E-state index contributed by atoms with van der Waals surface area (Å²) in [6.07, 6.45) is 41.2. The van der Waals surface area contributed by atoms with Gasteiger partial charge in [0.05, 0.1) is 0 Å². The van der Waals surface area contributed by atoms with Gasteiger partial charge in [-0.15, -0.1) is 23.5 Å². The van der Waals surface area contributed by atoms with Gasteiger partial charge in [-0.3, -0.25) is 0 Å². The highest BCUT2D eigenvalue weighted by molar-refractivity contribution is 8.00. The summed E-state index contributed by atoms with van der Waals surface area (Å²) in [5, 5.41) is 0. The number of rotatable bonds is 33. The van der Waals surface area contributed by atoms with Crippen molar-refractivity contribution in [3.63, 3.8) is 0 Å². The van der Waals surface area contributed by atoms with Gasteiger partial charge in [0, 0.05) is 9.79 Å². The minimum Gasteiger partial charge on any atom is -0.126 e. The summed E-state index contributed by atoms with van der Waals surface area (Å²) in [6.45, 7) is 8.78. The first-order valence-corrected chi connectivity index (χ1v) is 21.0. The van der Waals surface area contributed by atoms with Crippen LogP contribution in [0.15, 0.2) is 28.0 Å². The second-order valence-electron chi connectivity index (χ2n) is 13.0. The molecular weight excluding hydrogens is 545 g/mol. The molecule has 0 saturated carbocycles. The Labute approximate surface area is 274 Å². The molecule has 2 heteroatoms. The van der Waals surface area contributed by atoms with Crippen molar-refractivity contribution >= 4 is 23.5 Å². The number of hydrogen-bond acceptors (Lipinski definition) is 2. The summed E-state index contributed by atoms with van der Waals surface area (Å²) in [5.41, 5.74) is 1.41. The third-order valence-corrected chi connectivity index (χ3v) is 10.9. The van der Waals surface area contributed by atoms with Crippen LogP contribution >= 0.6 is 23.5 Å². The van der Waals surface area contributed by atoms with Gasteiger partial charge in [-0.1, -0.05) is 181 Å². The number of thioether (sulfide) groups is 2. The van der Waals surface area contributed by atoms with Crippen molar-refractivity contribution in [1.29, 1.82) is 0 Å². The van der Waals surface area contributed by atoms with Gasteiger partial charge < -0.3 is 0 Å². The van der Waals surface area contributed by atoms with Gasteiger partial charge in [0.25, 0.3) is 0 Å². The summed E-state index contributed by atoms with van der Waals surface area (Å²) in [7, 11) is 0. The van der Waals surface area contributed by atoms with Crippen LogP contribution in [0.1, 0.15) is 199 Å². The van der Waals surface area contributed by atoms with E-state index in [1.807, 2.05) is 0 Å². The Balaban J connectivity index is 1.99. The van der Waals surface area contributed by atoms with E-state index in [2.05, 4.69) is 62.5 Å². The molecule has 1 rings (SSSR count). The minimum absolute atomic E-state index is 0.902. The third kappa shape index (κ3) is 26.3. The lowest BCUT2D eigenvalue weighted by Crippen LogP contribution is -1.88. The molecule has 0 fully saturated rings. The zero-order chi connectivity index (χ0) is 30.2. The summed E-state index contributed by atoms with van der Waals surface area (Å²) in [4.78, 5) is 2.93. The van der Waals surface area contributed by atoms with E-state index in [0.29, 0.717) is 0 Å². The summed E-state index contributed by atoms with van der Waals surface area (Å²) in [6, 6.07) is 7.22. The lowest BCUT2D eigenvalue weighted by Gasteiger charge is -2.09. The first-order valence-electron chi connectivity index (χ1n) is 19.0. The maximum Gasteiger partial charge on any atom is 0.00858 e. The molecule has 245 valence electrons. The first-order chi connectivity index (χ1) is 20.8. The Morgan fingerprint density at radius 1 is 0.381 bits per heavy atom. The Kier molecular flexibility index (Phi) is 30.7. The van der Waals surface area contributed by atoms with Crippen molar-refractivity contribution in [2.45, 2.75) is 210 Å². The highest BCUT2D eigenvalue weighted by Crippen LogP contribution is 2.29. The average molecular weight is 618 g/mol. The second kappa shape index (κ2) is 32.3. The number of benzene rings is 1. The molecule has 42 heavy (non-hydrogen) atoms. The van der Waals surface area contributed by atoms with Crippen molar-refractivity contribution in [3.8, 4) is 0 Å². The van der Waals surface area contributed by atoms with E-state index in [1.165, 1.54) is 207 Å². The predicted molar refractivity (Wildman–Crippen MR) is 198 cm³/mol. The summed E-state index contributed by atoms with van der Waals surface area (Å²) >= 11 is 4.14. The maximum absolute atomic E-state index is 4.17. The molecule has 0 heterocycles. The van der Waals surface area contributed by atoms with Crippen LogP contribution in [0.4, 0.5) is 0 Å². The molecule has 1 aromatic rings. The number of unbranched alkanes of at least 4 members (excludes halogenated alkanes) is 26. The fourth-order valence-corrected chi connectivity index (χ4v) is 8.05. The van der Waals surface area contributed by atoms with Crippen molar-refractivity contribution in [1.82, 2.24) is 0 Å². The van der Waals surface area contributed by atoms with Crippen molar-refractivity contribution in [2.75, 3.05) is 11.5 Å². The molecule has 0 aliphatic rings. The van der Waals surface area contributed by atoms with Gasteiger partial charge in [-0.05, 0) is 61.5 Å². The van der Waals surface area contributed by atoms with Crippen molar-refractivity contribution in [2.24, 2.45) is 0 Å². The Morgan fingerprint density at radius 3 is 0.905 bits per heavy atom. The SMILES string of the molecule is [CH2]Cc1cc(SCCCCCCCCCCCCCCCC)cc(SCCCCCCCCCCCCCCCC)c1. The van der Waals surface area contributed by atoms with Crippen LogP contribution in [-0.4, -0.2) is 11.5 Å². The Bertz CT molecular complexity index is 617. The van der Waals surface area contributed by atoms with Gasteiger partial charge >= 0.3 is 0 Å². The second-order valence-corrected chi connectivity index (χ2v) is 15.3. The highest BCUT2D eigenvalue weighted by atomic mass is 32.2. The van der Waals surface area contributed by atoms with E-state index >= 15 is 0 Å². The largest absolute Gasteiger partial charge is 0.126 e. The lowest BCUT2D eigenvalue weighted by molar-refractivity contribution is 0.538. The van der Waals surface area contributed by atoms with Crippen LogP contribution in [0.2, 0.25) is 0 Å². The molecule has 0 unspecified atom stereocenters. The topological polar surface area (TPSA) is 0 Å². The maximum atomic E-state index is 4.17. The van der Waals surface area contributed by atoms with E-state index in [-0.39, 0.29) is 0 Å². The first kappa shape index (κ1) is 39.9. The van der Waals surface area contributed by atoms with Crippen LogP contribution in [0.5, 0.6) is 0 Å². The zero-order valence-electron chi connectivity index (χ0n) is 28.7. The van der Waals surface area contributed by atoms with Crippen LogP contribution < -0.4 is 0 Å². The van der Waals surface area contributed by atoms with Crippen LogP contribution in [0.25, 0.3) is 0 Å². The van der Waals surface area contributed by atoms with Crippen LogP contribution in [-0.2, 0) is 6.42 Å². The van der Waals surface area contributed by atoms with Gasteiger partial charge in [0.15, 0.2) is 0 Å². The van der Waals surface area contributed by atoms with Gasteiger partial charge in [0.1, 0.15) is 0 Å². The van der Waals surface area contributed by atoms with E-state index < -0.39 is 0 Å². The quantitative estimate of drug-likeness (QED) is 0.0568. The Morgan fingerprint density at radius 2 is 0.643 bits per heavy atom. The van der Waals surface area contributed by atoms with Gasteiger partial charge in [-0.25, -0.2) is 0 Å². The molecule has 0 atom stereocenters. The fourth-order valence-electron chi connectivity index (χ4n) is 5.91. The highest BCUT2D eigenvalue weighted by Gasteiger charge is 2.03. The van der Waals surface area contributed by atoms with E-state index in [4.69, 9.17) is 0 Å². The molecule has 0 amide bonds. The Hall–Kier alpha value is -0.0800. The van der Waals surface area contributed by atoms with E-state index in [9.17, 15) is 0 Å². The molecule has 0 aliphatic heterocycles. The van der Waals surface area contributed by atoms with E-state index in [1.54, 1.807) is 0 Å². The monoisotopic (exact) mass is 618 g/mol. The third-order valence-electron chi connectivity index (χ3n) is 8.76. The summed E-state index contributed by atoms with van der Waals surface area (Å²) in [5.74, 6) is 2.53. The zero-order valence-corrected chi connectivity index (χ0v) is 30.3. The smallest absolute Gasteiger partial charge is 0.00858 e. The van der Waals surface area contributed by atoms with Crippen LogP contribution in [0.3, 0.4) is 0 Å². The molecule has 0 nitrogen and oxygen atoms in total. The minimum atomic E-state index is 0.902. The molecule has 0 spiro atoms. The molecule has 0 bridgehead atoms. The van der Waals surface area contributed by atoms with Gasteiger partial charge in [-0.2, -0.15) is 0 Å². The van der Waals surface area contributed by atoms with Crippen molar-refractivity contribution < 1.29 is 0 Å². The molecule has 0 saturated heterocycles. The molecule has 1 radical (unpaired) electrons. The summed E-state index contributed by atoms with van der Waals surface area (Å²) < 4.78 is 0. The van der Waals surface area contributed by atoms with Crippen molar-refractivity contribution in [3.05, 3.63) is 30.7 Å². The van der Waals surface area contributed by atoms with Gasteiger partial charge in [0.2, 0.25) is 0 Å². The predicted octanol–water partition coefficient (Wildman–Crippen LogP) is 15.2. The molecule has 0 aromatic heterocycles. The lowest BCUT2D eigenvalue weighted by atomic mass is 10.0. The molecule has 0 N–H and O–H groups in total. The molecule has 1 aromatic carbocycles.